The zero-order valence-electron chi connectivity index (χ0n) is 8.83. The van der Waals surface area contributed by atoms with Crippen molar-refractivity contribution in [2.24, 2.45) is 0 Å². The summed E-state index contributed by atoms with van der Waals surface area (Å²) in [6.45, 7) is 0. The molecule has 0 aliphatic heterocycles. The Hall–Kier alpha value is -0.610. The van der Waals surface area contributed by atoms with Crippen LogP contribution in [0.3, 0.4) is 0 Å². The molecule has 1 saturated carbocycles. The fourth-order valence-electron chi connectivity index (χ4n) is 1.87. The summed E-state index contributed by atoms with van der Waals surface area (Å²) in [7, 11) is 0. The van der Waals surface area contributed by atoms with Crippen LogP contribution in [-0.4, -0.2) is 21.1 Å². The third-order valence-corrected chi connectivity index (χ3v) is 2.97. The van der Waals surface area contributed by atoms with Gasteiger partial charge in [-0.05, 0) is 48.9 Å². The Kier molecular flexibility index (Phi) is 4.18. The molecular weight excluding hydrogens is 249 g/mol. The lowest BCUT2D eigenvalue weighted by molar-refractivity contribution is 0.167. The molecule has 16 heavy (non-hydrogen) atoms. The Morgan fingerprint density at radius 2 is 1.44 bits per heavy atom. The van der Waals surface area contributed by atoms with Crippen LogP contribution >= 0.6 is 23.2 Å². The average molecular weight is 262 g/mol. The molecule has 88 valence electrons. The normalized spacial score (nSPS) is 18.1. The Balaban J connectivity index is 2.01. The molecule has 1 aliphatic carbocycles. The maximum absolute atomic E-state index is 5.67. The molecule has 1 aliphatic rings. The molecule has 0 saturated heterocycles. The van der Waals surface area contributed by atoms with Gasteiger partial charge in [0, 0.05) is 0 Å². The maximum atomic E-state index is 5.67. The standard InChI is InChI=1S/C10H13Cl2N3O/c11-8-13-9(12)15-10(14-8)16-7-5-3-1-2-4-6-7/h7H,1-6H2. The van der Waals surface area contributed by atoms with Crippen molar-refractivity contribution in [2.45, 2.75) is 44.6 Å². The minimum Gasteiger partial charge on any atom is -0.460 e. The second kappa shape index (κ2) is 5.64. The van der Waals surface area contributed by atoms with E-state index in [2.05, 4.69) is 15.0 Å². The number of aromatic nitrogens is 3. The number of nitrogens with zero attached hydrogens (tertiary/aromatic N) is 3. The van der Waals surface area contributed by atoms with Crippen molar-refractivity contribution < 1.29 is 4.74 Å². The molecule has 0 unspecified atom stereocenters. The van der Waals surface area contributed by atoms with E-state index in [1.54, 1.807) is 0 Å². The quantitative estimate of drug-likeness (QED) is 0.767. The van der Waals surface area contributed by atoms with E-state index in [4.69, 9.17) is 27.9 Å². The summed E-state index contributed by atoms with van der Waals surface area (Å²) in [6.07, 6.45) is 7.20. The van der Waals surface area contributed by atoms with E-state index < -0.39 is 0 Å². The van der Waals surface area contributed by atoms with Gasteiger partial charge in [0.2, 0.25) is 10.6 Å². The number of halogens is 2. The first-order valence-corrected chi connectivity index (χ1v) is 6.23. The molecule has 1 fully saturated rings. The summed E-state index contributed by atoms with van der Waals surface area (Å²) in [5, 5.41) is 0.146. The minimum absolute atomic E-state index is 0.0728. The van der Waals surface area contributed by atoms with Gasteiger partial charge in [-0.1, -0.05) is 12.8 Å². The first-order chi connectivity index (χ1) is 7.74. The topological polar surface area (TPSA) is 47.9 Å². The van der Waals surface area contributed by atoms with E-state index in [9.17, 15) is 0 Å². The van der Waals surface area contributed by atoms with Crippen molar-refractivity contribution >= 4 is 23.2 Å². The zero-order valence-corrected chi connectivity index (χ0v) is 10.3. The largest absolute Gasteiger partial charge is 0.460 e. The van der Waals surface area contributed by atoms with Crippen LogP contribution < -0.4 is 4.74 Å². The third-order valence-electron chi connectivity index (χ3n) is 2.63. The van der Waals surface area contributed by atoms with Gasteiger partial charge in [-0.25, -0.2) is 0 Å². The Morgan fingerprint density at radius 3 is 2.00 bits per heavy atom. The lowest BCUT2D eigenvalue weighted by Crippen LogP contribution is -2.17. The van der Waals surface area contributed by atoms with Crippen LogP contribution in [0.2, 0.25) is 10.6 Å². The fraction of sp³-hybridized carbons (Fsp3) is 0.700. The molecule has 0 N–H and O–H groups in total. The van der Waals surface area contributed by atoms with Gasteiger partial charge in [-0.15, -0.1) is 0 Å². The fourth-order valence-corrected chi connectivity index (χ4v) is 2.22. The highest BCUT2D eigenvalue weighted by Gasteiger charge is 2.15. The maximum Gasteiger partial charge on any atom is 0.322 e. The zero-order chi connectivity index (χ0) is 11.4. The lowest BCUT2D eigenvalue weighted by Gasteiger charge is -2.14. The summed E-state index contributed by atoms with van der Waals surface area (Å²) >= 11 is 11.3. The first kappa shape index (κ1) is 11.9. The van der Waals surface area contributed by atoms with Gasteiger partial charge in [0.1, 0.15) is 6.10 Å². The molecule has 0 radical (unpaired) electrons. The van der Waals surface area contributed by atoms with E-state index >= 15 is 0 Å². The highest BCUT2D eigenvalue weighted by molar-refractivity contribution is 6.31. The highest BCUT2D eigenvalue weighted by Crippen LogP contribution is 2.21. The molecule has 4 nitrogen and oxygen atoms in total. The molecule has 1 aromatic rings. The molecule has 2 rings (SSSR count). The smallest absolute Gasteiger partial charge is 0.322 e. The van der Waals surface area contributed by atoms with Crippen LogP contribution in [0.4, 0.5) is 0 Å². The summed E-state index contributed by atoms with van der Waals surface area (Å²) in [5.74, 6) is 0. The lowest BCUT2D eigenvalue weighted by atomic mass is 10.2. The predicted octanol–water partition coefficient (Wildman–Crippen LogP) is 3.28. The van der Waals surface area contributed by atoms with Gasteiger partial charge in [0.05, 0.1) is 0 Å². The molecular formula is C10H13Cl2N3O. The van der Waals surface area contributed by atoms with Crippen LogP contribution in [0.1, 0.15) is 38.5 Å². The number of hydrogen-bond acceptors (Lipinski definition) is 4. The van der Waals surface area contributed by atoms with Gasteiger partial charge >= 0.3 is 6.01 Å². The van der Waals surface area contributed by atoms with Gasteiger partial charge < -0.3 is 4.74 Å². The number of hydrogen-bond donors (Lipinski definition) is 0. The molecule has 6 heteroatoms. The van der Waals surface area contributed by atoms with Gasteiger partial charge in [-0.3, -0.25) is 0 Å². The molecule has 0 aromatic carbocycles. The SMILES string of the molecule is Clc1nc(Cl)nc(OC2CCCCCC2)n1. The second-order valence-electron chi connectivity index (χ2n) is 3.89. The molecule has 1 aromatic heterocycles. The van der Waals surface area contributed by atoms with Crippen LogP contribution in [0.25, 0.3) is 0 Å². The van der Waals surface area contributed by atoms with Crippen LogP contribution in [0.15, 0.2) is 0 Å². The molecule has 0 bridgehead atoms. The average Bonchev–Trinajstić information content (AvgIpc) is 2.44. The Bertz CT molecular complexity index is 334. The molecule has 1 heterocycles. The van der Waals surface area contributed by atoms with E-state index in [1.807, 2.05) is 0 Å². The number of ether oxygens (including phenoxy) is 1. The van der Waals surface area contributed by atoms with E-state index in [0.29, 0.717) is 0 Å². The predicted molar refractivity (Wildman–Crippen MR) is 62.0 cm³/mol. The van der Waals surface area contributed by atoms with Crippen LogP contribution in [0, 0.1) is 0 Å². The number of rotatable bonds is 2. The van der Waals surface area contributed by atoms with E-state index in [-0.39, 0.29) is 22.7 Å². The van der Waals surface area contributed by atoms with Crippen molar-refractivity contribution in [3.8, 4) is 6.01 Å². The minimum atomic E-state index is 0.0728. The van der Waals surface area contributed by atoms with Crippen molar-refractivity contribution in [1.29, 1.82) is 0 Å². The molecule has 0 spiro atoms. The summed E-state index contributed by atoms with van der Waals surface area (Å²) < 4.78 is 5.67. The Labute approximate surface area is 104 Å². The third kappa shape index (κ3) is 3.46. The van der Waals surface area contributed by atoms with E-state index in [0.717, 1.165) is 12.8 Å². The van der Waals surface area contributed by atoms with Crippen molar-refractivity contribution in [3.05, 3.63) is 10.6 Å². The second-order valence-corrected chi connectivity index (χ2v) is 4.56. The van der Waals surface area contributed by atoms with Crippen molar-refractivity contribution in [1.82, 2.24) is 15.0 Å². The van der Waals surface area contributed by atoms with E-state index in [1.165, 1.54) is 25.7 Å². The molecule has 0 amide bonds. The highest BCUT2D eigenvalue weighted by atomic mass is 35.5. The summed E-state index contributed by atoms with van der Waals surface area (Å²) in [6, 6.07) is 0.233. The summed E-state index contributed by atoms with van der Waals surface area (Å²) in [4.78, 5) is 11.5. The van der Waals surface area contributed by atoms with Gasteiger partial charge in [-0.2, -0.15) is 15.0 Å². The Morgan fingerprint density at radius 1 is 0.875 bits per heavy atom. The van der Waals surface area contributed by atoms with Gasteiger partial charge in [0.25, 0.3) is 0 Å². The monoisotopic (exact) mass is 261 g/mol. The van der Waals surface area contributed by atoms with Crippen LogP contribution in [-0.2, 0) is 0 Å². The first-order valence-electron chi connectivity index (χ1n) is 5.48. The molecule has 0 atom stereocenters. The van der Waals surface area contributed by atoms with Gasteiger partial charge in [0.15, 0.2) is 0 Å². The van der Waals surface area contributed by atoms with Crippen molar-refractivity contribution in [2.75, 3.05) is 0 Å². The summed E-state index contributed by atoms with van der Waals surface area (Å²) in [5.41, 5.74) is 0. The van der Waals surface area contributed by atoms with Crippen LogP contribution in [0.5, 0.6) is 6.01 Å². The van der Waals surface area contributed by atoms with Crippen molar-refractivity contribution in [3.63, 3.8) is 0 Å².